The van der Waals surface area contributed by atoms with Crippen LogP contribution in [0.5, 0.6) is 0 Å². The molecule has 4 nitrogen and oxygen atoms in total. The number of rotatable bonds is 9. The van der Waals surface area contributed by atoms with Crippen molar-refractivity contribution in [1.29, 1.82) is 0 Å². The highest BCUT2D eigenvalue weighted by Crippen LogP contribution is 2.23. The minimum atomic E-state index is -0.516. The summed E-state index contributed by atoms with van der Waals surface area (Å²) in [5, 5.41) is 3.27. The summed E-state index contributed by atoms with van der Waals surface area (Å²) in [6.07, 6.45) is 0.900. The van der Waals surface area contributed by atoms with Gasteiger partial charge in [0.05, 0.1) is 0 Å². The minimum absolute atomic E-state index is 0.0463. The largest absolute Gasteiger partial charge is 0.357 e. The van der Waals surface area contributed by atoms with Gasteiger partial charge in [-0.05, 0) is 37.1 Å². The zero-order valence-corrected chi connectivity index (χ0v) is 18.1. The van der Waals surface area contributed by atoms with Crippen LogP contribution in [0.2, 0.25) is 5.02 Å². The Morgan fingerprint density at radius 1 is 1.14 bits per heavy atom. The van der Waals surface area contributed by atoms with Gasteiger partial charge < -0.3 is 10.2 Å². The van der Waals surface area contributed by atoms with E-state index in [1.54, 1.807) is 29.8 Å². The Kier molecular flexibility index (Phi) is 8.87. The summed E-state index contributed by atoms with van der Waals surface area (Å²) in [6, 6.07) is 15.2. The molecule has 2 aromatic carbocycles. The van der Waals surface area contributed by atoms with Gasteiger partial charge in [-0.25, -0.2) is 0 Å². The maximum absolute atomic E-state index is 13.0. The molecule has 0 aliphatic carbocycles. The van der Waals surface area contributed by atoms with E-state index in [4.69, 9.17) is 11.6 Å². The topological polar surface area (TPSA) is 49.4 Å². The number of likely N-dealkylation sites (N-methyl/N-ethyl adjacent to an activating group) is 1. The van der Waals surface area contributed by atoms with Crippen LogP contribution in [0.15, 0.2) is 53.4 Å². The van der Waals surface area contributed by atoms with Crippen molar-refractivity contribution in [3.63, 3.8) is 0 Å². The molecule has 2 aromatic rings. The monoisotopic (exact) mass is 418 g/mol. The van der Waals surface area contributed by atoms with Crippen molar-refractivity contribution in [2.45, 2.75) is 44.2 Å². The lowest BCUT2D eigenvalue weighted by Gasteiger charge is -2.30. The molecule has 0 bridgehead atoms. The van der Waals surface area contributed by atoms with Crippen LogP contribution in [0.1, 0.15) is 30.9 Å². The molecule has 0 spiro atoms. The zero-order valence-electron chi connectivity index (χ0n) is 16.6. The predicted octanol–water partition coefficient (Wildman–Crippen LogP) is 4.68. The number of amides is 2. The summed E-state index contributed by atoms with van der Waals surface area (Å²) in [5.74, 6) is 0.453. The van der Waals surface area contributed by atoms with E-state index < -0.39 is 6.04 Å². The SMILES string of the molecule is CC[C@@H](C(=O)NC)N(Cc1ccccc1Cl)C(=O)CCSc1ccc(C)cc1. The first-order chi connectivity index (χ1) is 13.5. The van der Waals surface area contributed by atoms with E-state index in [0.717, 1.165) is 10.5 Å². The zero-order chi connectivity index (χ0) is 20.5. The number of benzene rings is 2. The fourth-order valence-corrected chi connectivity index (χ4v) is 3.97. The second kappa shape index (κ2) is 11.1. The van der Waals surface area contributed by atoms with E-state index in [1.165, 1.54) is 5.56 Å². The molecule has 0 fully saturated rings. The van der Waals surface area contributed by atoms with Crippen molar-refractivity contribution >= 4 is 35.2 Å². The third kappa shape index (κ3) is 6.28. The molecular formula is C22H27ClN2O2S. The second-order valence-corrected chi connectivity index (χ2v) is 8.14. The summed E-state index contributed by atoms with van der Waals surface area (Å²) >= 11 is 7.93. The van der Waals surface area contributed by atoms with Crippen LogP contribution >= 0.6 is 23.4 Å². The van der Waals surface area contributed by atoms with Crippen molar-refractivity contribution < 1.29 is 9.59 Å². The van der Waals surface area contributed by atoms with Gasteiger partial charge in [-0.1, -0.05) is 54.4 Å². The standard InChI is InChI=1S/C22H27ClN2O2S/c1-4-20(22(27)24-3)25(15-17-7-5-6-8-19(17)23)21(26)13-14-28-18-11-9-16(2)10-12-18/h5-12,20H,4,13-15H2,1-3H3,(H,24,27)/t20-/m0/s1. The van der Waals surface area contributed by atoms with Gasteiger partial charge in [-0.3, -0.25) is 9.59 Å². The fourth-order valence-electron chi connectivity index (χ4n) is 2.93. The average Bonchev–Trinajstić information content (AvgIpc) is 2.70. The Morgan fingerprint density at radius 3 is 2.43 bits per heavy atom. The molecule has 0 saturated heterocycles. The Hall–Kier alpha value is -1.98. The summed E-state index contributed by atoms with van der Waals surface area (Å²) < 4.78 is 0. The van der Waals surface area contributed by atoms with Crippen molar-refractivity contribution in [2.24, 2.45) is 0 Å². The number of halogens is 1. The van der Waals surface area contributed by atoms with Crippen LogP contribution in [-0.4, -0.2) is 35.6 Å². The fraction of sp³-hybridized carbons (Fsp3) is 0.364. The summed E-state index contributed by atoms with van der Waals surface area (Å²) in [7, 11) is 1.59. The van der Waals surface area contributed by atoms with E-state index in [0.29, 0.717) is 30.2 Å². The van der Waals surface area contributed by atoms with Crippen LogP contribution in [0.4, 0.5) is 0 Å². The number of hydrogen-bond donors (Lipinski definition) is 1. The van der Waals surface area contributed by atoms with E-state index in [2.05, 4.69) is 29.6 Å². The second-order valence-electron chi connectivity index (χ2n) is 6.56. The lowest BCUT2D eigenvalue weighted by Crippen LogP contribution is -2.48. The molecule has 28 heavy (non-hydrogen) atoms. The molecule has 0 aromatic heterocycles. The molecule has 0 heterocycles. The van der Waals surface area contributed by atoms with Crippen LogP contribution in [-0.2, 0) is 16.1 Å². The number of hydrogen-bond acceptors (Lipinski definition) is 3. The molecule has 6 heteroatoms. The lowest BCUT2D eigenvalue weighted by atomic mass is 10.1. The Morgan fingerprint density at radius 2 is 1.82 bits per heavy atom. The van der Waals surface area contributed by atoms with Crippen LogP contribution in [0, 0.1) is 6.92 Å². The first kappa shape index (κ1) is 22.3. The Balaban J connectivity index is 2.10. The molecule has 0 radical (unpaired) electrons. The molecule has 2 amide bonds. The van der Waals surface area contributed by atoms with Crippen LogP contribution < -0.4 is 5.32 Å². The van der Waals surface area contributed by atoms with Gasteiger partial charge in [0.25, 0.3) is 0 Å². The van der Waals surface area contributed by atoms with Gasteiger partial charge in [-0.15, -0.1) is 11.8 Å². The van der Waals surface area contributed by atoms with Gasteiger partial charge in [0.2, 0.25) is 11.8 Å². The Labute approximate surface area is 176 Å². The first-order valence-corrected chi connectivity index (χ1v) is 10.8. The smallest absolute Gasteiger partial charge is 0.242 e. The highest BCUT2D eigenvalue weighted by Gasteiger charge is 2.28. The highest BCUT2D eigenvalue weighted by molar-refractivity contribution is 7.99. The van der Waals surface area contributed by atoms with Crippen molar-refractivity contribution in [2.75, 3.05) is 12.8 Å². The maximum atomic E-state index is 13.0. The molecule has 0 saturated carbocycles. The van der Waals surface area contributed by atoms with Gasteiger partial charge in [0, 0.05) is 35.7 Å². The minimum Gasteiger partial charge on any atom is -0.357 e. The lowest BCUT2D eigenvalue weighted by molar-refractivity contribution is -0.140. The molecule has 0 aliphatic rings. The third-order valence-electron chi connectivity index (χ3n) is 4.54. The predicted molar refractivity (Wildman–Crippen MR) is 117 cm³/mol. The van der Waals surface area contributed by atoms with Gasteiger partial charge in [-0.2, -0.15) is 0 Å². The summed E-state index contributed by atoms with van der Waals surface area (Å²) in [5.41, 5.74) is 2.05. The number of nitrogens with one attached hydrogen (secondary N) is 1. The summed E-state index contributed by atoms with van der Waals surface area (Å²) in [4.78, 5) is 28.1. The van der Waals surface area contributed by atoms with Crippen molar-refractivity contribution in [1.82, 2.24) is 10.2 Å². The van der Waals surface area contributed by atoms with Gasteiger partial charge >= 0.3 is 0 Å². The first-order valence-electron chi connectivity index (χ1n) is 9.40. The van der Waals surface area contributed by atoms with Gasteiger partial charge in [0.1, 0.15) is 6.04 Å². The summed E-state index contributed by atoms with van der Waals surface area (Å²) in [6.45, 7) is 4.28. The highest BCUT2D eigenvalue weighted by atomic mass is 35.5. The molecular weight excluding hydrogens is 392 g/mol. The quantitative estimate of drug-likeness (QED) is 0.601. The van der Waals surface area contributed by atoms with E-state index in [9.17, 15) is 9.59 Å². The number of thioether (sulfide) groups is 1. The normalized spacial score (nSPS) is 11.7. The molecule has 150 valence electrons. The van der Waals surface area contributed by atoms with Crippen LogP contribution in [0.3, 0.4) is 0 Å². The molecule has 2 rings (SSSR count). The van der Waals surface area contributed by atoms with E-state index in [1.807, 2.05) is 32.0 Å². The number of aryl methyl sites for hydroxylation is 1. The number of nitrogens with zero attached hydrogens (tertiary/aromatic N) is 1. The van der Waals surface area contributed by atoms with Crippen molar-refractivity contribution in [3.8, 4) is 0 Å². The van der Waals surface area contributed by atoms with E-state index >= 15 is 0 Å². The Bertz CT molecular complexity index is 795. The third-order valence-corrected chi connectivity index (χ3v) is 5.92. The molecule has 1 N–H and O–H groups in total. The number of carbonyl (C=O) groups excluding carboxylic acids is 2. The van der Waals surface area contributed by atoms with Crippen LogP contribution in [0.25, 0.3) is 0 Å². The maximum Gasteiger partial charge on any atom is 0.242 e. The van der Waals surface area contributed by atoms with Gasteiger partial charge in [0.15, 0.2) is 0 Å². The molecule has 1 atom stereocenters. The van der Waals surface area contributed by atoms with E-state index in [-0.39, 0.29) is 11.8 Å². The number of carbonyl (C=O) groups is 2. The molecule has 0 aliphatic heterocycles. The van der Waals surface area contributed by atoms with Crippen molar-refractivity contribution in [3.05, 3.63) is 64.7 Å². The average molecular weight is 419 g/mol. The molecule has 0 unspecified atom stereocenters.